The van der Waals surface area contributed by atoms with Crippen molar-refractivity contribution in [1.29, 1.82) is 0 Å². The van der Waals surface area contributed by atoms with Gasteiger partial charge in [-0.3, -0.25) is 4.79 Å². The standard InChI is InChI=1S/C16H15NO/c1-12-7-9-14(10-8-12)15(11-16(17)18)13-5-3-2-4-6-13/h2-11H,1H3,(H2,17,18)/b15-11-. The Morgan fingerprint density at radius 2 is 1.50 bits per heavy atom. The zero-order chi connectivity index (χ0) is 13.0. The maximum Gasteiger partial charge on any atom is 0.242 e. The second-order valence-corrected chi connectivity index (χ2v) is 4.19. The highest BCUT2D eigenvalue weighted by Crippen LogP contribution is 2.23. The van der Waals surface area contributed by atoms with Crippen LogP contribution in [0.15, 0.2) is 60.7 Å². The number of hydrogen-bond donors (Lipinski definition) is 1. The number of nitrogens with two attached hydrogens (primary N) is 1. The molecule has 0 aliphatic heterocycles. The van der Waals surface area contributed by atoms with E-state index in [-0.39, 0.29) is 0 Å². The van der Waals surface area contributed by atoms with Gasteiger partial charge in [0.2, 0.25) is 5.91 Å². The third-order valence-corrected chi connectivity index (χ3v) is 2.73. The highest BCUT2D eigenvalue weighted by Gasteiger charge is 2.05. The SMILES string of the molecule is Cc1ccc(/C(=C\C(N)=O)c2ccccc2)cc1. The summed E-state index contributed by atoms with van der Waals surface area (Å²) in [5, 5.41) is 0. The first-order chi connectivity index (χ1) is 8.66. The Kier molecular flexibility index (Phi) is 3.58. The highest BCUT2D eigenvalue weighted by molar-refractivity contribution is 5.98. The van der Waals surface area contributed by atoms with Crippen LogP contribution < -0.4 is 5.73 Å². The predicted octanol–water partition coefficient (Wildman–Crippen LogP) is 2.91. The van der Waals surface area contributed by atoms with E-state index in [2.05, 4.69) is 0 Å². The summed E-state index contributed by atoms with van der Waals surface area (Å²) in [4.78, 5) is 11.2. The lowest BCUT2D eigenvalue weighted by Crippen LogP contribution is -2.07. The molecule has 2 heteroatoms. The number of amides is 1. The van der Waals surface area contributed by atoms with Gasteiger partial charge in [-0.1, -0.05) is 60.2 Å². The predicted molar refractivity (Wildman–Crippen MR) is 73.9 cm³/mol. The third-order valence-electron chi connectivity index (χ3n) is 2.73. The summed E-state index contributed by atoms with van der Waals surface area (Å²) in [7, 11) is 0. The van der Waals surface area contributed by atoms with Crippen LogP contribution in [0, 0.1) is 6.92 Å². The van der Waals surface area contributed by atoms with Crippen LogP contribution in [0.25, 0.3) is 5.57 Å². The van der Waals surface area contributed by atoms with Crippen molar-refractivity contribution in [3.63, 3.8) is 0 Å². The van der Waals surface area contributed by atoms with E-state index < -0.39 is 5.91 Å². The summed E-state index contributed by atoms with van der Waals surface area (Å²) in [6, 6.07) is 17.8. The summed E-state index contributed by atoms with van der Waals surface area (Å²) in [6.45, 7) is 2.03. The molecule has 2 N–H and O–H groups in total. The van der Waals surface area contributed by atoms with E-state index in [1.54, 1.807) is 0 Å². The van der Waals surface area contributed by atoms with Gasteiger partial charge in [-0.15, -0.1) is 0 Å². The second kappa shape index (κ2) is 5.32. The molecule has 0 fully saturated rings. The van der Waals surface area contributed by atoms with Crippen molar-refractivity contribution in [3.8, 4) is 0 Å². The van der Waals surface area contributed by atoms with Gasteiger partial charge in [0.1, 0.15) is 0 Å². The first-order valence-corrected chi connectivity index (χ1v) is 5.80. The molecule has 0 bridgehead atoms. The minimum Gasteiger partial charge on any atom is -0.366 e. The molecule has 1 amide bonds. The molecule has 0 aliphatic rings. The van der Waals surface area contributed by atoms with Crippen molar-refractivity contribution < 1.29 is 4.79 Å². The Morgan fingerprint density at radius 1 is 0.944 bits per heavy atom. The molecule has 18 heavy (non-hydrogen) atoms. The lowest BCUT2D eigenvalue weighted by atomic mass is 9.97. The molecule has 90 valence electrons. The normalized spacial score (nSPS) is 11.3. The summed E-state index contributed by atoms with van der Waals surface area (Å²) in [5.74, 6) is -0.436. The molecule has 0 aromatic heterocycles. The van der Waals surface area contributed by atoms with Gasteiger partial charge in [-0.25, -0.2) is 0 Å². The number of benzene rings is 2. The molecule has 0 atom stereocenters. The number of carbonyl (C=O) groups excluding carboxylic acids is 1. The molecular weight excluding hydrogens is 222 g/mol. The van der Waals surface area contributed by atoms with Crippen LogP contribution in [-0.2, 0) is 4.79 Å². The van der Waals surface area contributed by atoms with Crippen molar-refractivity contribution in [3.05, 3.63) is 77.4 Å². The van der Waals surface area contributed by atoms with Gasteiger partial charge >= 0.3 is 0 Å². The van der Waals surface area contributed by atoms with Crippen molar-refractivity contribution in [2.24, 2.45) is 5.73 Å². The fraction of sp³-hybridized carbons (Fsp3) is 0.0625. The van der Waals surface area contributed by atoms with Crippen molar-refractivity contribution in [2.75, 3.05) is 0 Å². The molecule has 2 nitrogen and oxygen atoms in total. The Bertz CT molecular complexity index is 568. The molecule has 0 aliphatic carbocycles. The largest absolute Gasteiger partial charge is 0.366 e. The summed E-state index contributed by atoms with van der Waals surface area (Å²) < 4.78 is 0. The van der Waals surface area contributed by atoms with Gasteiger partial charge < -0.3 is 5.73 Å². The van der Waals surface area contributed by atoms with Crippen LogP contribution >= 0.6 is 0 Å². The first-order valence-electron chi connectivity index (χ1n) is 5.80. The minimum atomic E-state index is -0.436. The maximum atomic E-state index is 11.2. The summed E-state index contributed by atoms with van der Waals surface area (Å²) in [5.41, 5.74) is 9.30. The molecule has 0 saturated carbocycles. The molecule has 0 saturated heterocycles. The van der Waals surface area contributed by atoms with Gasteiger partial charge in [-0.2, -0.15) is 0 Å². The zero-order valence-electron chi connectivity index (χ0n) is 10.3. The quantitative estimate of drug-likeness (QED) is 0.819. The average molecular weight is 237 g/mol. The van der Waals surface area contributed by atoms with Crippen LogP contribution in [0.2, 0.25) is 0 Å². The Morgan fingerprint density at radius 3 is 2.06 bits per heavy atom. The van der Waals surface area contributed by atoms with E-state index in [1.807, 2.05) is 61.5 Å². The van der Waals surface area contributed by atoms with Gasteiger partial charge in [0.05, 0.1) is 0 Å². The Labute approximate surface area is 107 Å². The van der Waals surface area contributed by atoms with Crippen LogP contribution in [0.3, 0.4) is 0 Å². The molecule has 0 radical (unpaired) electrons. The smallest absolute Gasteiger partial charge is 0.242 e. The number of aryl methyl sites for hydroxylation is 1. The summed E-state index contributed by atoms with van der Waals surface area (Å²) in [6.07, 6.45) is 1.47. The number of hydrogen-bond acceptors (Lipinski definition) is 1. The van der Waals surface area contributed by atoms with E-state index >= 15 is 0 Å². The zero-order valence-corrected chi connectivity index (χ0v) is 10.3. The molecule has 0 unspecified atom stereocenters. The maximum absolute atomic E-state index is 11.2. The van der Waals surface area contributed by atoms with Gasteiger partial charge in [0.25, 0.3) is 0 Å². The first kappa shape index (κ1) is 12.1. The van der Waals surface area contributed by atoms with Gasteiger partial charge in [0, 0.05) is 6.08 Å². The number of rotatable bonds is 3. The lowest BCUT2D eigenvalue weighted by molar-refractivity contribution is -0.113. The van der Waals surface area contributed by atoms with Crippen molar-refractivity contribution >= 4 is 11.5 Å². The van der Waals surface area contributed by atoms with E-state index in [1.165, 1.54) is 11.6 Å². The fourth-order valence-corrected chi connectivity index (χ4v) is 1.83. The van der Waals surface area contributed by atoms with Crippen LogP contribution in [0.4, 0.5) is 0 Å². The second-order valence-electron chi connectivity index (χ2n) is 4.19. The van der Waals surface area contributed by atoms with Gasteiger partial charge in [-0.05, 0) is 23.6 Å². The third kappa shape index (κ3) is 2.86. The lowest BCUT2D eigenvalue weighted by Gasteiger charge is -2.08. The Hall–Kier alpha value is -2.35. The molecule has 0 heterocycles. The number of carbonyl (C=O) groups is 1. The molecule has 2 rings (SSSR count). The Balaban J connectivity index is 2.51. The highest BCUT2D eigenvalue weighted by atomic mass is 16.1. The minimum absolute atomic E-state index is 0.436. The summed E-state index contributed by atoms with van der Waals surface area (Å²) >= 11 is 0. The van der Waals surface area contributed by atoms with Crippen molar-refractivity contribution in [1.82, 2.24) is 0 Å². The van der Waals surface area contributed by atoms with Crippen LogP contribution in [-0.4, -0.2) is 5.91 Å². The molecule has 2 aromatic carbocycles. The van der Waals surface area contributed by atoms with E-state index in [9.17, 15) is 4.79 Å². The van der Waals surface area contributed by atoms with E-state index in [0.29, 0.717) is 0 Å². The van der Waals surface area contributed by atoms with Crippen LogP contribution in [0.5, 0.6) is 0 Å². The van der Waals surface area contributed by atoms with E-state index in [0.717, 1.165) is 16.7 Å². The number of primary amides is 1. The molecule has 2 aromatic rings. The molecule has 0 spiro atoms. The molecular formula is C16H15NO. The van der Waals surface area contributed by atoms with Crippen molar-refractivity contribution in [2.45, 2.75) is 6.92 Å². The van der Waals surface area contributed by atoms with Crippen LogP contribution in [0.1, 0.15) is 16.7 Å². The topological polar surface area (TPSA) is 43.1 Å². The fourth-order valence-electron chi connectivity index (χ4n) is 1.83. The monoisotopic (exact) mass is 237 g/mol. The van der Waals surface area contributed by atoms with E-state index in [4.69, 9.17) is 5.73 Å². The average Bonchev–Trinajstić information content (AvgIpc) is 2.38. The van der Waals surface area contributed by atoms with Gasteiger partial charge in [0.15, 0.2) is 0 Å².